The highest BCUT2D eigenvalue weighted by atomic mass is 32.1. The predicted octanol–water partition coefficient (Wildman–Crippen LogP) is 20.7. The van der Waals surface area contributed by atoms with Gasteiger partial charge >= 0.3 is 0 Å². The molecule has 0 saturated carbocycles. The van der Waals surface area contributed by atoms with Gasteiger partial charge in [0.25, 0.3) is 0 Å². The van der Waals surface area contributed by atoms with Gasteiger partial charge < -0.3 is 9.47 Å². The number of allylic oxidation sites excluding steroid dienone is 1. The molecule has 0 aromatic heterocycles. The molecule has 0 unspecified atom stereocenters. The van der Waals surface area contributed by atoms with E-state index in [0.29, 0.717) is 0 Å². The van der Waals surface area contributed by atoms with E-state index in [-0.39, 0.29) is 0 Å². The lowest BCUT2D eigenvalue weighted by Crippen LogP contribution is -2.01. The van der Waals surface area contributed by atoms with Crippen LogP contribution in [0.15, 0.2) is 48.5 Å². The smallest absolute Gasteiger partial charge is 0.123 e. The summed E-state index contributed by atoms with van der Waals surface area (Å²) in [5, 5.41) is 0. The fraction of sp³-hybridized carbons (Fsp3) is 0.750. The third kappa shape index (κ3) is 34.8. The van der Waals surface area contributed by atoms with Crippen LogP contribution >= 0.6 is 12.2 Å². The maximum absolute atomic E-state index is 6.35. The van der Waals surface area contributed by atoms with Gasteiger partial charge in [-0.3, -0.25) is 0 Å². The zero-order chi connectivity index (χ0) is 44.9. The highest BCUT2D eigenvalue weighted by molar-refractivity contribution is 7.81. The SMILES string of the molecule is CCCCCCCCCCCCCCCCCCCCCOc1cc(C=CC(=S)c2ccc(CCC)cc2)cc(OCCCCCCCCCCCCCCCCCCCCC)c1. The van der Waals surface area contributed by atoms with Gasteiger partial charge in [-0.2, -0.15) is 0 Å². The molecule has 0 spiro atoms. The minimum Gasteiger partial charge on any atom is -0.493 e. The normalized spacial score (nSPS) is 11.5. The second kappa shape index (κ2) is 43.7. The van der Waals surface area contributed by atoms with E-state index in [9.17, 15) is 0 Å². The van der Waals surface area contributed by atoms with Gasteiger partial charge in [0.15, 0.2) is 0 Å². The largest absolute Gasteiger partial charge is 0.493 e. The van der Waals surface area contributed by atoms with Gasteiger partial charge in [0.2, 0.25) is 0 Å². The zero-order valence-corrected chi connectivity index (χ0v) is 42.9. The summed E-state index contributed by atoms with van der Waals surface area (Å²) < 4.78 is 12.7. The minimum atomic E-state index is 0.757. The zero-order valence-electron chi connectivity index (χ0n) is 42.1. The van der Waals surface area contributed by atoms with Crippen LogP contribution in [0.2, 0.25) is 0 Å². The molecule has 0 radical (unpaired) electrons. The Balaban J connectivity index is 1.61. The third-order valence-electron chi connectivity index (χ3n) is 13.1. The van der Waals surface area contributed by atoms with Crippen LogP contribution in [0.25, 0.3) is 6.08 Å². The molecule has 3 heteroatoms. The third-order valence-corrected chi connectivity index (χ3v) is 13.5. The van der Waals surface area contributed by atoms with Crippen molar-refractivity contribution in [2.75, 3.05) is 13.2 Å². The van der Waals surface area contributed by atoms with Crippen LogP contribution in [-0.4, -0.2) is 18.1 Å². The predicted molar refractivity (Wildman–Crippen MR) is 285 cm³/mol. The maximum atomic E-state index is 6.35. The van der Waals surface area contributed by atoms with E-state index in [2.05, 4.69) is 75.4 Å². The number of ether oxygens (including phenoxy) is 2. The number of rotatable bonds is 47. The summed E-state index contributed by atoms with van der Waals surface area (Å²) in [6.07, 6.45) is 59.5. The molecule has 0 amide bonds. The van der Waals surface area contributed by atoms with Crippen molar-refractivity contribution in [1.29, 1.82) is 0 Å². The summed E-state index contributed by atoms with van der Waals surface area (Å²) in [5.41, 5.74) is 3.54. The van der Waals surface area contributed by atoms with Crippen molar-refractivity contribution in [2.45, 2.75) is 278 Å². The summed E-state index contributed by atoms with van der Waals surface area (Å²) in [7, 11) is 0. The van der Waals surface area contributed by atoms with Crippen LogP contribution in [0.1, 0.15) is 288 Å². The van der Waals surface area contributed by atoms with Crippen molar-refractivity contribution in [3.05, 3.63) is 65.2 Å². The van der Waals surface area contributed by atoms with Gasteiger partial charge in [0, 0.05) is 10.9 Å². The first kappa shape index (κ1) is 57.0. The Labute approximate surface area is 398 Å². The van der Waals surface area contributed by atoms with Gasteiger partial charge in [0.05, 0.1) is 13.2 Å². The lowest BCUT2D eigenvalue weighted by atomic mass is 10.0. The second-order valence-electron chi connectivity index (χ2n) is 19.3. The molecule has 0 atom stereocenters. The molecule has 0 aliphatic rings. The van der Waals surface area contributed by atoms with Crippen molar-refractivity contribution in [1.82, 2.24) is 0 Å². The number of hydrogen-bond acceptors (Lipinski definition) is 3. The van der Waals surface area contributed by atoms with Gasteiger partial charge in [-0.1, -0.05) is 301 Å². The fourth-order valence-corrected chi connectivity index (χ4v) is 9.19. The Bertz CT molecular complexity index is 1250. The number of benzene rings is 2. The van der Waals surface area contributed by atoms with Crippen LogP contribution in [0.5, 0.6) is 11.5 Å². The molecule has 0 fully saturated rings. The molecular weight excluding hydrogens is 785 g/mol. The van der Waals surface area contributed by atoms with Crippen molar-refractivity contribution in [2.24, 2.45) is 0 Å². The molecule has 0 saturated heterocycles. The minimum absolute atomic E-state index is 0.757. The summed E-state index contributed by atoms with van der Waals surface area (Å²) in [4.78, 5) is 0.856. The summed E-state index contributed by atoms with van der Waals surface area (Å²) in [6.45, 7) is 8.35. The van der Waals surface area contributed by atoms with E-state index >= 15 is 0 Å². The van der Waals surface area contributed by atoms with Gasteiger partial charge in [-0.15, -0.1) is 0 Å². The molecule has 63 heavy (non-hydrogen) atoms. The Morgan fingerprint density at radius 2 is 0.683 bits per heavy atom. The monoisotopic (exact) mass is 887 g/mol. The van der Waals surface area contributed by atoms with Crippen molar-refractivity contribution < 1.29 is 9.47 Å². The topological polar surface area (TPSA) is 18.5 Å². The first-order valence-corrected chi connectivity index (χ1v) is 28.3. The average molecular weight is 888 g/mol. The van der Waals surface area contributed by atoms with E-state index in [1.807, 2.05) is 0 Å². The first-order valence-electron chi connectivity index (χ1n) is 27.9. The number of aryl methyl sites for hydroxylation is 1. The van der Waals surface area contributed by atoms with Crippen molar-refractivity contribution in [3.8, 4) is 11.5 Å². The standard InChI is InChI=1S/C60H102O2S/c1-4-7-9-11-13-15-17-19-21-23-25-27-29-31-33-35-37-39-41-50-61-58-52-56(46-49-60(63)57-47-44-55(43-6-3)45-48-57)53-59(54-58)62-51-42-40-38-36-34-32-30-28-26-24-22-20-18-16-14-12-10-8-5-2/h44-49,52-54H,4-43,50-51H2,1-3H3. The molecule has 2 aromatic rings. The average Bonchev–Trinajstić information content (AvgIpc) is 3.29. The number of thiocarbonyl (C=S) groups is 1. The van der Waals surface area contributed by atoms with Crippen LogP contribution < -0.4 is 9.47 Å². The summed E-state index contributed by atoms with van der Waals surface area (Å²) in [6, 6.07) is 15.1. The molecule has 0 heterocycles. The highest BCUT2D eigenvalue weighted by Crippen LogP contribution is 2.26. The van der Waals surface area contributed by atoms with Crippen LogP contribution in [-0.2, 0) is 6.42 Å². The molecule has 0 aliphatic carbocycles. The van der Waals surface area contributed by atoms with E-state index in [0.717, 1.165) is 66.4 Å². The molecule has 360 valence electrons. The second-order valence-corrected chi connectivity index (χ2v) is 19.7. The van der Waals surface area contributed by atoms with Crippen LogP contribution in [0.4, 0.5) is 0 Å². The maximum Gasteiger partial charge on any atom is 0.123 e. The summed E-state index contributed by atoms with van der Waals surface area (Å²) in [5.74, 6) is 1.80. The van der Waals surface area contributed by atoms with Crippen molar-refractivity contribution >= 4 is 23.2 Å². The Morgan fingerprint density at radius 3 is 0.984 bits per heavy atom. The van der Waals surface area contributed by atoms with Gasteiger partial charge in [-0.05, 0) is 54.2 Å². The lowest BCUT2D eigenvalue weighted by molar-refractivity contribution is 0.289. The highest BCUT2D eigenvalue weighted by Gasteiger charge is 2.05. The van der Waals surface area contributed by atoms with E-state index in [1.54, 1.807) is 0 Å². The van der Waals surface area contributed by atoms with E-state index < -0.39 is 0 Å². The van der Waals surface area contributed by atoms with E-state index in [4.69, 9.17) is 21.7 Å². The molecule has 0 aliphatic heterocycles. The number of hydrogen-bond donors (Lipinski definition) is 0. The molecule has 0 bridgehead atoms. The number of unbranched alkanes of at least 4 members (excludes halogenated alkanes) is 36. The lowest BCUT2D eigenvalue weighted by Gasteiger charge is -2.12. The molecule has 2 nitrogen and oxygen atoms in total. The van der Waals surface area contributed by atoms with Crippen LogP contribution in [0, 0.1) is 0 Å². The Hall–Kier alpha value is -2.13. The first-order chi connectivity index (χ1) is 31.2. The van der Waals surface area contributed by atoms with Crippen molar-refractivity contribution in [3.63, 3.8) is 0 Å². The Kier molecular flexibility index (Phi) is 39.6. The molecule has 2 aromatic carbocycles. The van der Waals surface area contributed by atoms with Crippen LogP contribution in [0.3, 0.4) is 0 Å². The summed E-state index contributed by atoms with van der Waals surface area (Å²) >= 11 is 5.82. The van der Waals surface area contributed by atoms with Gasteiger partial charge in [0.1, 0.15) is 11.5 Å². The van der Waals surface area contributed by atoms with E-state index in [1.165, 1.54) is 237 Å². The molecular formula is C60H102O2S. The molecule has 2 rings (SSSR count). The quantitative estimate of drug-likeness (QED) is 0.0286. The molecule has 0 N–H and O–H groups in total. The Morgan fingerprint density at radius 1 is 0.381 bits per heavy atom. The van der Waals surface area contributed by atoms with Gasteiger partial charge in [-0.25, -0.2) is 0 Å². The fourth-order valence-electron chi connectivity index (χ4n) is 8.99.